The van der Waals surface area contributed by atoms with E-state index in [9.17, 15) is 0 Å². The van der Waals surface area contributed by atoms with Gasteiger partial charge in [-0.2, -0.15) is 0 Å². The first-order chi connectivity index (χ1) is 8.83. The highest BCUT2D eigenvalue weighted by molar-refractivity contribution is 5.39. The van der Waals surface area contributed by atoms with Gasteiger partial charge in [-0.15, -0.1) is 0 Å². The molecule has 0 spiro atoms. The van der Waals surface area contributed by atoms with E-state index in [1.165, 1.54) is 25.7 Å². The highest BCUT2D eigenvalue weighted by atomic mass is 16.6. The van der Waals surface area contributed by atoms with Gasteiger partial charge in [-0.25, -0.2) is 0 Å². The van der Waals surface area contributed by atoms with Crippen LogP contribution in [0.4, 0.5) is 0 Å². The molecule has 0 aromatic carbocycles. The average Bonchev–Trinajstić information content (AvgIpc) is 2.43. The van der Waals surface area contributed by atoms with E-state index in [4.69, 9.17) is 9.47 Å². The van der Waals surface area contributed by atoms with Crippen LogP contribution in [0.25, 0.3) is 0 Å². The maximum absolute atomic E-state index is 5.58. The fourth-order valence-corrected chi connectivity index (χ4v) is 2.44. The van der Waals surface area contributed by atoms with Crippen molar-refractivity contribution in [3.8, 4) is 11.5 Å². The van der Waals surface area contributed by atoms with E-state index in [0.717, 1.165) is 29.5 Å². The van der Waals surface area contributed by atoms with Crippen LogP contribution in [0.2, 0.25) is 0 Å². The van der Waals surface area contributed by atoms with Crippen LogP contribution in [0.5, 0.6) is 11.5 Å². The van der Waals surface area contributed by atoms with E-state index in [2.05, 4.69) is 18.8 Å². The summed E-state index contributed by atoms with van der Waals surface area (Å²) in [6.45, 7) is 5.80. The second-order valence-corrected chi connectivity index (χ2v) is 4.92. The van der Waals surface area contributed by atoms with Crippen molar-refractivity contribution in [1.82, 2.24) is 4.98 Å². The Hall–Kier alpha value is -1.25. The Labute approximate surface area is 110 Å². The first kappa shape index (κ1) is 13.2. The standard InChI is InChI=1S/C15H23NO2/c1-3-5-12(4-2)6-7-13-10-14-15(11-16-13)18-9-8-17-14/h10-12H,3-9H2,1-2H3. The van der Waals surface area contributed by atoms with E-state index >= 15 is 0 Å². The van der Waals surface area contributed by atoms with Crippen LogP contribution in [0, 0.1) is 5.92 Å². The van der Waals surface area contributed by atoms with Crippen LogP contribution >= 0.6 is 0 Å². The SMILES string of the molecule is CCCC(CC)CCc1cc2c(cn1)OCCO2. The molecular weight excluding hydrogens is 226 g/mol. The Morgan fingerprint density at radius 3 is 2.67 bits per heavy atom. The third-order valence-electron chi connectivity index (χ3n) is 3.57. The molecule has 3 heteroatoms. The van der Waals surface area contributed by atoms with Crippen LogP contribution < -0.4 is 9.47 Å². The first-order valence-electron chi connectivity index (χ1n) is 7.08. The van der Waals surface area contributed by atoms with Gasteiger partial charge in [-0.05, 0) is 18.8 Å². The van der Waals surface area contributed by atoms with Crippen LogP contribution in [-0.2, 0) is 6.42 Å². The molecule has 1 aliphatic rings. The van der Waals surface area contributed by atoms with Crippen molar-refractivity contribution in [2.45, 2.75) is 46.0 Å². The average molecular weight is 249 g/mol. The monoisotopic (exact) mass is 249 g/mol. The summed E-state index contributed by atoms with van der Waals surface area (Å²) in [4.78, 5) is 4.45. The zero-order valence-corrected chi connectivity index (χ0v) is 11.4. The highest BCUT2D eigenvalue weighted by Gasteiger charge is 2.13. The number of ether oxygens (including phenoxy) is 2. The summed E-state index contributed by atoms with van der Waals surface area (Å²) in [6, 6.07) is 2.03. The minimum absolute atomic E-state index is 0.627. The molecule has 0 N–H and O–H groups in total. The first-order valence-corrected chi connectivity index (χ1v) is 7.08. The second kappa shape index (κ2) is 6.62. The molecule has 0 saturated heterocycles. The van der Waals surface area contributed by atoms with E-state index in [1.54, 1.807) is 6.20 Å². The molecule has 2 rings (SSSR count). The van der Waals surface area contributed by atoms with E-state index in [1.807, 2.05) is 6.07 Å². The predicted octanol–water partition coefficient (Wildman–Crippen LogP) is 3.61. The van der Waals surface area contributed by atoms with E-state index < -0.39 is 0 Å². The largest absolute Gasteiger partial charge is 0.486 e. The summed E-state index contributed by atoms with van der Waals surface area (Å²) in [6.07, 6.45) is 7.91. The zero-order valence-electron chi connectivity index (χ0n) is 11.4. The maximum Gasteiger partial charge on any atom is 0.179 e. The summed E-state index contributed by atoms with van der Waals surface area (Å²) in [5.74, 6) is 2.46. The molecule has 2 heterocycles. The van der Waals surface area contributed by atoms with Crippen molar-refractivity contribution < 1.29 is 9.47 Å². The van der Waals surface area contributed by atoms with Crippen molar-refractivity contribution in [1.29, 1.82) is 0 Å². The second-order valence-electron chi connectivity index (χ2n) is 4.92. The lowest BCUT2D eigenvalue weighted by atomic mass is 9.94. The summed E-state index contributed by atoms with van der Waals surface area (Å²) in [5.41, 5.74) is 1.12. The highest BCUT2D eigenvalue weighted by Crippen LogP contribution is 2.30. The number of hydrogen-bond donors (Lipinski definition) is 0. The van der Waals surface area contributed by atoms with Gasteiger partial charge >= 0.3 is 0 Å². The van der Waals surface area contributed by atoms with Gasteiger partial charge in [0.25, 0.3) is 0 Å². The Kier molecular flexibility index (Phi) is 4.85. The van der Waals surface area contributed by atoms with Crippen molar-refractivity contribution >= 4 is 0 Å². The fraction of sp³-hybridized carbons (Fsp3) is 0.667. The minimum atomic E-state index is 0.627. The molecule has 0 bridgehead atoms. The van der Waals surface area contributed by atoms with Gasteiger partial charge in [0.15, 0.2) is 11.5 Å². The maximum atomic E-state index is 5.58. The quantitative estimate of drug-likeness (QED) is 0.771. The van der Waals surface area contributed by atoms with Crippen LogP contribution in [0.15, 0.2) is 12.3 Å². The smallest absolute Gasteiger partial charge is 0.179 e. The molecule has 0 fully saturated rings. The normalized spacial score (nSPS) is 15.4. The number of pyridine rings is 1. The number of aromatic nitrogens is 1. The molecular formula is C15H23NO2. The van der Waals surface area contributed by atoms with E-state index in [0.29, 0.717) is 13.2 Å². The van der Waals surface area contributed by atoms with Gasteiger partial charge in [-0.1, -0.05) is 33.1 Å². The van der Waals surface area contributed by atoms with Gasteiger partial charge in [0.1, 0.15) is 13.2 Å². The molecule has 1 atom stereocenters. The number of fused-ring (bicyclic) bond motifs is 1. The lowest BCUT2D eigenvalue weighted by Crippen LogP contribution is -2.16. The van der Waals surface area contributed by atoms with Crippen molar-refractivity contribution in [2.75, 3.05) is 13.2 Å². The topological polar surface area (TPSA) is 31.4 Å². The van der Waals surface area contributed by atoms with Crippen LogP contribution in [0.3, 0.4) is 0 Å². The molecule has 18 heavy (non-hydrogen) atoms. The summed E-state index contributed by atoms with van der Waals surface area (Å²) < 4.78 is 11.1. The molecule has 100 valence electrons. The molecule has 3 nitrogen and oxygen atoms in total. The third kappa shape index (κ3) is 3.37. The Bertz CT molecular complexity index is 379. The molecule has 0 radical (unpaired) electrons. The Balaban J connectivity index is 1.93. The molecule has 1 aliphatic heterocycles. The Morgan fingerprint density at radius 1 is 1.17 bits per heavy atom. The molecule has 1 aromatic heterocycles. The fourth-order valence-electron chi connectivity index (χ4n) is 2.44. The summed E-state index contributed by atoms with van der Waals surface area (Å²) >= 11 is 0. The number of aryl methyl sites for hydroxylation is 1. The van der Waals surface area contributed by atoms with Crippen molar-refractivity contribution in [2.24, 2.45) is 5.92 Å². The van der Waals surface area contributed by atoms with Crippen LogP contribution in [0.1, 0.15) is 45.2 Å². The number of nitrogens with zero attached hydrogens (tertiary/aromatic N) is 1. The van der Waals surface area contributed by atoms with Gasteiger partial charge in [0.05, 0.1) is 6.20 Å². The molecule has 0 saturated carbocycles. The molecule has 1 unspecified atom stereocenters. The number of hydrogen-bond acceptors (Lipinski definition) is 3. The molecule has 1 aromatic rings. The summed E-state index contributed by atoms with van der Waals surface area (Å²) in [7, 11) is 0. The predicted molar refractivity (Wildman–Crippen MR) is 72.2 cm³/mol. The van der Waals surface area contributed by atoms with Crippen LogP contribution in [-0.4, -0.2) is 18.2 Å². The Morgan fingerprint density at radius 2 is 1.94 bits per heavy atom. The summed E-state index contributed by atoms with van der Waals surface area (Å²) in [5, 5.41) is 0. The van der Waals surface area contributed by atoms with Crippen molar-refractivity contribution in [3.63, 3.8) is 0 Å². The number of rotatable bonds is 6. The lowest BCUT2D eigenvalue weighted by Gasteiger charge is -2.19. The van der Waals surface area contributed by atoms with Gasteiger partial charge in [-0.3, -0.25) is 4.98 Å². The van der Waals surface area contributed by atoms with Gasteiger partial charge in [0, 0.05) is 11.8 Å². The minimum Gasteiger partial charge on any atom is -0.486 e. The zero-order chi connectivity index (χ0) is 12.8. The lowest BCUT2D eigenvalue weighted by molar-refractivity contribution is 0.170. The third-order valence-corrected chi connectivity index (χ3v) is 3.57. The van der Waals surface area contributed by atoms with Gasteiger partial charge in [0.2, 0.25) is 0 Å². The van der Waals surface area contributed by atoms with Crippen molar-refractivity contribution in [3.05, 3.63) is 18.0 Å². The van der Waals surface area contributed by atoms with Gasteiger partial charge < -0.3 is 9.47 Å². The van der Waals surface area contributed by atoms with E-state index in [-0.39, 0.29) is 0 Å². The molecule has 0 aliphatic carbocycles. The molecule has 0 amide bonds.